The Hall–Kier alpha value is -1.04. The van der Waals surface area contributed by atoms with Crippen LogP contribution in [0.4, 0.5) is 17.6 Å². The minimum Gasteiger partial charge on any atom is -0.487 e. The smallest absolute Gasteiger partial charge is 0.340 e. The highest BCUT2D eigenvalue weighted by Crippen LogP contribution is 2.26. The maximum atomic E-state index is 12.6. The molecule has 0 saturated heterocycles. The second-order valence-corrected chi connectivity index (χ2v) is 4.19. The molecular formula is C11H9BrF4O. The molecule has 0 fully saturated rings. The summed E-state index contributed by atoms with van der Waals surface area (Å²) in [5, 5.41) is 0. The molecule has 0 aliphatic rings. The molecule has 0 aliphatic heterocycles. The summed E-state index contributed by atoms with van der Waals surface area (Å²) in [4.78, 5) is 0. The molecule has 0 aliphatic carbocycles. The molecule has 0 saturated carbocycles. The quantitative estimate of drug-likeness (QED) is 0.734. The van der Waals surface area contributed by atoms with Crippen LogP contribution in [0.2, 0.25) is 0 Å². The van der Waals surface area contributed by atoms with Gasteiger partial charge in [0.2, 0.25) is 0 Å². The maximum absolute atomic E-state index is 12.6. The first kappa shape index (κ1) is 14.0. The lowest BCUT2D eigenvalue weighted by atomic mass is 10.2. The van der Waals surface area contributed by atoms with Crippen LogP contribution in [-0.2, 0) is 0 Å². The first-order valence-corrected chi connectivity index (χ1v) is 5.36. The zero-order chi connectivity index (χ0) is 13.1. The van der Waals surface area contributed by atoms with Gasteiger partial charge in [-0.05, 0) is 23.8 Å². The van der Waals surface area contributed by atoms with Crippen LogP contribution in [0.3, 0.4) is 0 Å². The summed E-state index contributed by atoms with van der Waals surface area (Å²) >= 11 is 3.14. The van der Waals surface area contributed by atoms with E-state index >= 15 is 0 Å². The third-order valence-electron chi connectivity index (χ3n) is 1.88. The summed E-state index contributed by atoms with van der Waals surface area (Å²) in [6.07, 6.45) is -2.25. The Bertz CT molecular complexity index is 406. The molecule has 0 bridgehead atoms. The van der Waals surface area contributed by atoms with Crippen LogP contribution in [0.15, 0.2) is 29.3 Å². The van der Waals surface area contributed by atoms with Crippen molar-refractivity contribution in [2.24, 2.45) is 0 Å². The van der Waals surface area contributed by atoms with Crippen LogP contribution in [0.1, 0.15) is 5.56 Å². The van der Waals surface area contributed by atoms with Crippen molar-refractivity contribution < 1.29 is 22.3 Å². The predicted octanol–water partition coefficient (Wildman–Crippen LogP) is 4.37. The Kier molecular flexibility index (Phi) is 4.56. The number of alkyl halides is 4. The van der Waals surface area contributed by atoms with Crippen molar-refractivity contribution in [1.82, 2.24) is 0 Å². The number of halogens is 5. The normalized spacial score (nSPS) is 11.6. The van der Waals surface area contributed by atoms with Gasteiger partial charge in [0.15, 0.2) is 6.61 Å². The fraction of sp³-hybridized carbons (Fsp3) is 0.273. The van der Waals surface area contributed by atoms with Crippen LogP contribution in [0, 0.1) is 0 Å². The van der Waals surface area contributed by atoms with Gasteiger partial charge in [-0.1, -0.05) is 28.6 Å². The lowest BCUT2D eigenvalue weighted by Gasteiger charge is -2.16. The van der Waals surface area contributed by atoms with E-state index in [9.17, 15) is 17.6 Å². The molecule has 1 nitrogen and oxygen atoms in total. The second kappa shape index (κ2) is 5.53. The Morgan fingerprint density at radius 1 is 1.35 bits per heavy atom. The van der Waals surface area contributed by atoms with E-state index in [0.717, 1.165) is 0 Å². The third kappa shape index (κ3) is 4.03. The minimum atomic E-state index is -4.16. The molecule has 0 radical (unpaired) electrons. The second-order valence-electron chi connectivity index (χ2n) is 3.27. The van der Waals surface area contributed by atoms with Crippen LogP contribution < -0.4 is 4.74 Å². The van der Waals surface area contributed by atoms with Gasteiger partial charge in [-0.25, -0.2) is 8.78 Å². The topological polar surface area (TPSA) is 9.23 Å². The predicted molar refractivity (Wildman–Crippen MR) is 60.7 cm³/mol. The average molecular weight is 313 g/mol. The van der Waals surface area contributed by atoms with Gasteiger partial charge in [0.25, 0.3) is 0 Å². The standard InChI is InChI=1S/C11H9BrF4O/c1-2-7-3-8(12)5-9(4-7)17-6-11(15,16)10(13)14/h2-5,10H,1,6H2. The summed E-state index contributed by atoms with van der Waals surface area (Å²) in [6, 6.07) is 4.53. The molecule has 1 rings (SSSR count). The van der Waals surface area contributed by atoms with Crippen molar-refractivity contribution in [3.63, 3.8) is 0 Å². The van der Waals surface area contributed by atoms with Gasteiger partial charge in [0.05, 0.1) is 0 Å². The summed E-state index contributed by atoms with van der Waals surface area (Å²) in [6.45, 7) is 2.14. The van der Waals surface area contributed by atoms with Gasteiger partial charge in [0, 0.05) is 4.47 Å². The minimum absolute atomic E-state index is 0.0783. The third-order valence-corrected chi connectivity index (χ3v) is 2.34. The Labute approximate surface area is 104 Å². The summed E-state index contributed by atoms with van der Waals surface area (Å²) in [5.74, 6) is -4.08. The molecule has 0 unspecified atom stereocenters. The fourth-order valence-electron chi connectivity index (χ4n) is 1.03. The zero-order valence-electron chi connectivity index (χ0n) is 8.60. The average Bonchev–Trinajstić information content (AvgIpc) is 2.25. The van der Waals surface area contributed by atoms with E-state index < -0.39 is 19.0 Å². The SMILES string of the molecule is C=Cc1cc(Br)cc(OCC(F)(F)C(F)F)c1. The van der Waals surface area contributed by atoms with E-state index in [2.05, 4.69) is 27.2 Å². The maximum Gasteiger partial charge on any atom is 0.340 e. The summed E-state index contributed by atoms with van der Waals surface area (Å²) in [5.41, 5.74) is 0.634. The Morgan fingerprint density at radius 3 is 2.53 bits per heavy atom. The first-order valence-electron chi connectivity index (χ1n) is 4.57. The van der Waals surface area contributed by atoms with Gasteiger partial charge in [-0.15, -0.1) is 0 Å². The van der Waals surface area contributed by atoms with Crippen molar-refractivity contribution >= 4 is 22.0 Å². The van der Waals surface area contributed by atoms with Crippen LogP contribution in [-0.4, -0.2) is 19.0 Å². The fourth-order valence-corrected chi connectivity index (χ4v) is 1.52. The Balaban J connectivity index is 2.76. The molecule has 6 heteroatoms. The highest BCUT2D eigenvalue weighted by molar-refractivity contribution is 9.10. The van der Waals surface area contributed by atoms with Crippen LogP contribution >= 0.6 is 15.9 Å². The summed E-state index contributed by atoms with van der Waals surface area (Å²) in [7, 11) is 0. The van der Waals surface area contributed by atoms with Crippen molar-refractivity contribution in [2.45, 2.75) is 12.3 Å². The molecular weight excluding hydrogens is 304 g/mol. The molecule has 0 aromatic heterocycles. The number of hydrogen-bond acceptors (Lipinski definition) is 1. The lowest BCUT2D eigenvalue weighted by molar-refractivity contribution is -0.148. The first-order chi connectivity index (χ1) is 7.85. The molecule has 0 N–H and O–H groups in total. The van der Waals surface area contributed by atoms with Crippen molar-refractivity contribution in [2.75, 3.05) is 6.61 Å². The summed E-state index contributed by atoms with van der Waals surface area (Å²) < 4.78 is 54.2. The van der Waals surface area contributed by atoms with E-state index in [1.807, 2.05) is 0 Å². The van der Waals surface area contributed by atoms with Gasteiger partial charge in [-0.3, -0.25) is 0 Å². The lowest BCUT2D eigenvalue weighted by Crippen LogP contribution is -2.33. The highest BCUT2D eigenvalue weighted by atomic mass is 79.9. The van der Waals surface area contributed by atoms with Crippen LogP contribution in [0.25, 0.3) is 6.08 Å². The molecule has 94 valence electrons. The molecule has 0 atom stereocenters. The molecule has 1 aromatic rings. The number of hydrogen-bond donors (Lipinski definition) is 0. The van der Waals surface area contributed by atoms with Crippen molar-refractivity contribution in [3.05, 3.63) is 34.8 Å². The monoisotopic (exact) mass is 312 g/mol. The van der Waals surface area contributed by atoms with Gasteiger partial charge in [0.1, 0.15) is 5.75 Å². The molecule has 0 spiro atoms. The molecule has 1 aromatic carbocycles. The number of rotatable bonds is 5. The van der Waals surface area contributed by atoms with Gasteiger partial charge < -0.3 is 4.74 Å². The zero-order valence-corrected chi connectivity index (χ0v) is 10.2. The van der Waals surface area contributed by atoms with Crippen molar-refractivity contribution in [1.29, 1.82) is 0 Å². The van der Waals surface area contributed by atoms with E-state index in [1.54, 1.807) is 6.07 Å². The van der Waals surface area contributed by atoms with Gasteiger partial charge in [-0.2, -0.15) is 8.78 Å². The number of benzene rings is 1. The largest absolute Gasteiger partial charge is 0.487 e. The van der Waals surface area contributed by atoms with E-state index in [4.69, 9.17) is 0 Å². The van der Waals surface area contributed by atoms with Gasteiger partial charge >= 0.3 is 12.3 Å². The van der Waals surface area contributed by atoms with E-state index in [1.165, 1.54) is 18.2 Å². The Morgan fingerprint density at radius 2 is 2.00 bits per heavy atom. The van der Waals surface area contributed by atoms with E-state index in [0.29, 0.717) is 10.0 Å². The molecule has 17 heavy (non-hydrogen) atoms. The van der Waals surface area contributed by atoms with Crippen molar-refractivity contribution in [3.8, 4) is 5.75 Å². The molecule has 0 heterocycles. The molecule has 0 amide bonds. The highest BCUT2D eigenvalue weighted by Gasteiger charge is 2.41. The van der Waals surface area contributed by atoms with E-state index in [-0.39, 0.29) is 5.75 Å². The number of ether oxygens (including phenoxy) is 1. The van der Waals surface area contributed by atoms with Crippen LogP contribution in [0.5, 0.6) is 5.75 Å².